The van der Waals surface area contributed by atoms with Gasteiger partial charge in [-0.1, -0.05) is 12.1 Å². The van der Waals surface area contributed by atoms with E-state index in [1.807, 2.05) is 34.3 Å². The van der Waals surface area contributed by atoms with Gasteiger partial charge in [-0.15, -0.1) is 11.3 Å². The minimum absolute atomic E-state index is 1.60. The lowest BCUT2D eigenvalue weighted by molar-refractivity contribution is 1.09. The van der Waals surface area contributed by atoms with E-state index in [-0.39, 0.29) is 0 Å². The lowest BCUT2D eigenvalue weighted by atomic mass is 10.7. The quantitative estimate of drug-likeness (QED) is 0.651. The van der Waals surface area contributed by atoms with Gasteiger partial charge in [0.2, 0.25) is 0 Å². The molecule has 3 rings (SSSR count). The second kappa shape index (κ2) is 9.11. The number of nitrogens with one attached hydrogen (secondary N) is 1. The summed E-state index contributed by atoms with van der Waals surface area (Å²) in [5.74, 6) is 0. The fraction of sp³-hybridized carbons (Fsp3) is 0. The lowest BCUT2D eigenvalue weighted by Gasteiger charge is -1.49. The molecule has 1 N–H and O–H groups in total. The molecule has 3 aromatic heterocycles. The molecule has 78 valence electrons. The number of hydrogen-bond donors (Lipinski definition) is 1. The summed E-state index contributed by atoms with van der Waals surface area (Å²) in [6, 6.07) is 5.87. The van der Waals surface area contributed by atoms with Crippen LogP contribution in [0.5, 0.6) is 0 Å². The summed E-state index contributed by atoms with van der Waals surface area (Å²) >= 11 is 3.31. The fourth-order valence-corrected chi connectivity index (χ4v) is 1.42. The number of rotatable bonds is 0. The number of aromatic amines is 1. The highest BCUT2D eigenvalue weighted by Gasteiger charge is 1.59. The number of H-pyrrole nitrogens is 1. The molecule has 5 heteroatoms. The first-order valence-electron chi connectivity index (χ1n) is 4.23. The Labute approximate surface area is 96.5 Å². The Morgan fingerprint density at radius 1 is 0.867 bits per heavy atom. The highest BCUT2D eigenvalue weighted by Crippen LogP contribution is 1.91. The summed E-state index contributed by atoms with van der Waals surface area (Å²) in [5, 5.41) is 12.2. The summed E-state index contributed by atoms with van der Waals surface area (Å²) in [4.78, 5) is 3.74. The molecule has 0 fully saturated rings. The van der Waals surface area contributed by atoms with Gasteiger partial charge < -0.3 is 0 Å². The van der Waals surface area contributed by atoms with Crippen molar-refractivity contribution >= 4 is 22.7 Å². The van der Waals surface area contributed by atoms with Gasteiger partial charge in [-0.05, 0) is 16.8 Å². The predicted molar refractivity (Wildman–Crippen MR) is 65.0 cm³/mol. The molecule has 0 atom stereocenters. The zero-order valence-corrected chi connectivity index (χ0v) is 9.62. The topological polar surface area (TPSA) is 41.6 Å². The Bertz CT molecular complexity index is 251. The van der Waals surface area contributed by atoms with Crippen LogP contribution in [0.25, 0.3) is 0 Å². The van der Waals surface area contributed by atoms with Crippen molar-refractivity contribution in [2.75, 3.05) is 0 Å². The Balaban J connectivity index is 0.000000112. The van der Waals surface area contributed by atoms with Crippen molar-refractivity contribution in [3.63, 3.8) is 0 Å². The van der Waals surface area contributed by atoms with Crippen LogP contribution >= 0.6 is 22.7 Å². The SMILES string of the molecule is c1ccsc1.c1cn[nH]c1.c1cscn1. The van der Waals surface area contributed by atoms with Crippen LogP contribution in [0.1, 0.15) is 0 Å². The van der Waals surface area contributed by atoms with Gasteiger partial charge in [0.05, 0.1) is 5.51 Å². The molecule has 0 amide bonds. The number of hydrogen-bond acceptors (Lipinski definition) is 4. The third-order valence-electron chi connectivity index (χ3n) is 1.18. The summed E-state index contributed by atoms with van der Waals surface area (Å²) in [7, 11) is 0. The molecule has 0 radical (unpaired) electrons. The zero-order chi connectivity index (χ0) is 10.6. The van der Waals surface area contributed by atoms with Crippen LogP contribution in [0, 0.1) is 0 Å². The smallest absolute Gasteiger partial charge is 0.0791 e. The largest absolute Gasteiger partial charge is 0.286 e. The average molecular weight is 237 g/mol. The van der Waals surface area contributed by atoms with Gasteiger partial charge in [-0.3, -0.25) is 10.1 Å². The maximum Gasteiger partial charge on any atom is 0.0791 e. The molecule has 0 saturated carbocycles. The van der Waals surface area contributed by atoms with Gasteiger partial charge in [-0.2, -0.15) is 16.4 Å². The lowest BCUT2D eigenvalue weighted by Crippen LogP contribution is -1.53. The fourth-order valence-electron chi connectivity index (χ4n) is 0.618. The molecule has 0 aliphatic heterocycles. The Morgan fingerprint density at radius 2 is 1.73 bits per heavy atom. The normalized spacial score (nSPS) is 8.00. The van der Waals surface area contributed by atoms with E-state index in [4.69, 9.17) is 0 Å². The first kappa shape index (κ1) is 11.6. The molecule has 15 heavy (non-hydrogen) atoms. The summed E-state index contributed by atoms with van der Waals surface area (Å²) in [5.41, 5.74) is 1.79. The third kappa shape index (κ3) is 7.60. The van der Waals surface area contributed by atoms with E-state index in [1.165, 1.54) is 0 Å². The van der Waals surface area contributed by atoms with Crippen LogP contribution in [0.3, 0.4) is 0 Å². The third-order valence-corrected chi connectivity index (χ3v) is 2.33. The second-order valence-corrected chi connectivity index (χ2v) is 3.81. The maximum atomic E-state index is 3.74. The van der Waals surface area contributed by atoms with E-state index in [0.29, 0.717) is 0 Å². The van der Waals surface area contributed by atoms with Gasteiger partial charge in [0.1, 0.15) is 0 Å². The van der Waals surface area contributed by atoms with E-state index >= 15 is 0 Å². The van der Waals surface area contributed by atoms with Crippen molar-refractivity contribution in [1.82, 2.24) is 15.2 Å². The molecule has 0 unspecified atom stereocenters. The molecule has 3 aromatic rings. The molecule has 0 aliphatic rings. The number of nitrogens with zero attached hydrogens (tertiary/aromatic N) is 2. The highest BCUT2D eigenvalue weighted by molar-refractivity contribution is 7.07. The minimum Gasteiger partial charge on any atom is -0.286 e. The van der Waals surface area contributed by atoms with Crippen molar-refractivity contribution in [2.24, 2.45) is 0 Å². The molecular formula is C10H11N3S2. The van der Waals surface area contributed by atoms with Crippen molar-refractivity contribution in [1.29, 1.82) is 0 Å². The van der Waals surface area contributed by atoms with Crippen LogP contribution in [-0.4, -0.2) is 15.2 Å². The molecule has 0 saturated heterocycles. The van der Waals surface area contributed by atoms with Gasteiger partial charge in [-0.25, -0.2) is 0 Å². The van der Waals surface area contributed by atoms with Crippen LogP contribution < -0.4 is 0 Å². The van der Waals surface area contributed by atoms with Crippen molar-refractivity contribution in [3.05, 3.63) is 58.4 Å². The summed E-state index contributed by atoms with van der Waals surface area (Å²) in [6.07, 6.45) is 5.23. The van der Waals surface area contributed by atoms with Gasteiger partial charge in [0.15, 0.2) is 0 Å². The van der Waals surface area contributed by atoms with Crippen molar-refractivity contribution in [3.8, 4) is 0 Å². The van der Waals surface area contributed by atoms with E-state index in [1.54, 1.807) is 46.8 Å². The number of thiazole rings is 1. The first-order chi connectivity index (χ1) is 7.50. The van der Waals surface area contributed by atoms with Crippen LogP contribution in [-0.2, 0) is 0 Å². The molecule has 0 bridgehead atoms. The average Bonchev–Trinajstić information content (AvgIpc) is 3.09. The van der Waals surface area contributed by atoms with E-state index in [9.17, 15) is 0 Å². The van der Waals surface area contributed by atoms with Gasteiger partial charge in [0, 0.05) is 24.0 Å². The highest BCUT2D eigenvalue weighted by atomic mass is 32.1. The Kier molecular flexibility index (Phi) is 7.05. The predicted octanol–water partition coefficient (Wildman–Crippen LogP) is 3.30. The molecule has 0 spiro atoms. The molecule has 0 aliphatic carbocycles. The van der Waals surface area contributed by atoms with E-state index < -0.39 is 0 Å². The van der Waals surface area contributed by atoms with Gasteiger partial charge in [0.25, 0.3) is 0 Å². The standard InChI is InChI=1S/C4H4S.C3H4N2.C3H3NS/c2*1-2-4-5-3-1;1-2-5-3-4-1/h1-4H;1-3H,(H,4,5);1-3H. The summed E-state index contributed by atoms with van der Waals surface area (Å²) in [6.45, 7) is 0. The van der Waals surface area contributed by atoms with Crippen molar-refractivity contribution < 1.29 is 0 Å². The zero-order valence-electron chi connectivity index (χ0n) is 7.98. The first-order valence-corrected chi connectivity index (χ1v) is 6.12. The monoisotopic (exact) mass is 237 g/mol. The number of thiophene rings is 1. The van der Waals surface area contributed by atoms with Crippen molar-refractivity contribution in [2.45, 2.75) is 0 Å². The Morgan fingerprint density at radius 3 is 1.93 bits per heavy atom. The minimum atomic E-state index is 1.60. The van der Waals surface area contributed by atoms with E-state index in [0.717, 1.165) is 0 Å². The van der Waals surface area contributed by atoms with Crippen LogP contribution in [0.4, 0.5) is 0 Å². The maximum absolute atomic E-state index is 3.74. The van der Waals surface area contributed by atoms with E-state index in [2.05, 4.69) is 15.2 Å². The Hall–Kier alpha value is -1.46. The molecule has 3 heterocycles. The molecular weight excluding hydrogens is 226 g/mol. The van der Waals surface area contributed by atoms with Crippen LogP contribution in [0.2, 0.25) is 0 Å². The molecule has 3 nitrogen and oxygen atoms in total. The van der Waals surface area contributed by atoms with Gasteiger partial charge >= 0.3 is 0 Å². The molecule has 0 aromatic carbocycles. The number of aromatic nitrogens is 3. The summed E-state index contributed by atoms with van der Waals surface area (Å²) < 4.78 is 0. The van der Waals surface area contributed by atoms with Crippen LogP contribution in [0.15, 0.2) is 58.4 Å². The second-order valence-electron chi connectivity index (χ2n) is 2.24.